The molecule has 11 atom stereocenters. The summed E-state index contributed by atoms with van der Waals surface area (Å²) < 4.78 is 23.8. The van der Waals surface area contributed by atoms with Gasteiger partial charge in [-0.1, -0.05) is 45.9 Å². The zero-order chi connectivity index (χ0) is 42.3. The zero-order valence-corrected chi connectivity index (χ0v) is 34.4. The van der Waals surface area contributed by atoms with Gasteiger partial charge in [0.05, 0.1) is 53.4 Å². The quantitative estimate of drug-likeness (QED) is 0.170. The highest BCUT2D eigenvalue weighted by Crippen LogP contribution is 2.54. The van der Waals surface area contributed by atoms with Crippen LogP contribution in [-0.2, 0) is 23.8 Å². The third-order valence-corrected chi connectivity index (χ3v) is 12.0. The van der Waals surface area contributed by atoms with Gasteiger partial charge in [-0.2, -0.15) is 0 Å². The van der Waals surface area contributed by atoms with Crippen molar-refractivity contribution in [2.24, 2.45) is 23.7 Å². The fourth-order valence-electron chi connectivity index (χ4n) is 8.47. The molecule has 0 saturated carbocycles. The molecule has 5 bridgehead atoms. The number of rotatable bonds is 4. The number of methoxy groups -OCH3 is 1. The Morgan fingerprint density at radius 3 is 2.33 bits per heavy atom. The van der Waals surface area contributed by atoms with Crippen molar-refractivity contribution in [3.05, 3.63) is 53.3 Å². The first-order chi connectivity index (χ1) is 26.7. The van der Waals surface area contributed by atoms with Crippen molar-refractivity contribution >= 4 is 39.8 Å². The third kappa shape index (κ3) is 8.23. The normalized spacial score (nSPS) is 31.9. The summed E-state index contributed by atoms with van der Waals surface area (Å²) >= 11 is 0. The molecule has 6 rings (SSSR count). The number of hydrogen-bond donors (Lipinski definition) is 6. The van der Waals surface area contributed by atoms with Gasteiger partial charge in [-0.25, -0.2) is 0 Å². The summed E-state index contributed by atoms with van der Waals surface area (Å²) in [4.78, 5) is 42.5. The molecule has 312 valence electrons. The number of aliphatic hydroxyl groups is 3. The number of nitrogens with zero attached hydrogens (tertiary/aromatic N) is 1. The van der Waals surface area contributed by atoms with Crippen molar-refractivity contribution in [2.75, 3.05) is 23.9 Å². The van der Waals surface area contributed by atoms with E-state index in [9.17, 15) is 39.9 Å². The molecular formula is C43H58N2O12. The minimum atomic E-state index is -1.95. The highest BCUT2D eigenvalue weighted by Gasteiger charge is 2.50. The highest BCUT2D eigenvalue weighted by molar-refractivity contribution is 6.23. The molecule has 0 aromatic heterocycles. The number of carbonyl (C=O) groups excluding carboxylic acids is 3. The molecule has 1 fully saturated rings. The summed E-state index contributed by atoms with van der Waals surface area (Å²) in [6.45, 7) is 14.9. The van der Waals surface area contributed by atoms with Crippen LogP contribution in [0.5, 0.6) is 17.2 Å². The van der Waals surface area contributed by atoms with Crippen molar-refractivity contribution in [3.8, 4) is 17.2 Å². The van der Waals surface area contributed by atoms with E-state index in [1.54, 1.807) is 66.7 Å². The fraction of sp³-hybridized carbons (Fsp3) is 0.558. The number of amides is 1. The van der Waals surface area contributed by atoms with Crippen LogP contribution in [0.15, 0.2) is 42.2 Å². The molecule has 6 N–H and O–H groups in total. The monoisotopic (exact) mass is 794 g/mol. The van der Waals surface area contributed by atoms with Gasteiger partial charge in [0.2, 0.25) is 0 Å². The molecule has 0 spiro atoms. The Labute approximate surface area is 333 Å². The highest BCUT2D eigenvalue weighted by atomic mass is 16.7. The molecule has 1 amide bonds. The van der Waals surface area contributed by atoms with Crippen LogP contribution < -0.4 is 15.0 Å². The molecule has 0 aliphatic carbocycles. The number of anilines is 2. The number of hydrogen-bond acceptors (Lipinski definition) is 13. The van der Waals surface area contributed by atoms with Gasteiger partial charge in [-0.15, -0.1) is 0 Å². The van der Waals surface area contributed by atoms with Crippen molar-refractivity contribution in [1.29, 1.82) is 0 Å². The van der Waals surface area contributed by atoms with Crippen LogP contribution in [0.4, 0.5) is 11.4 Å². The topological polar surface area (TPSA) is 205 Å². The van der Waals surface area contributed by atoms with Crippen LogP contribution in [0.25, 0.3) is 10.8 Å². The van der Waals surface area contributed by atoms with Crippen LogP contribution in [0.2, 0.25) is 0 Å². The van der Waals surface area contributed by atoms with Crippen LogP contribution in [-0.4, -0.2) is 99.2 Å². The van der Waals surface area contributed by atoms with Crippen molar-refractivity contribution < 1.29 is 58.9 Å². The number of ether oxygens (including phenoxy) is 4. The van der Waals surface area contributed by atoms with Crippen LogP contribution in [0.3, 0.4) is 0 Å². The Kier molecular flexibility index (Phi) is 13.0. The van der Waals surface area contributed by atoms with Crippen LogP contribution >= 0.6 is 0 Å². The molecule has 2 aromatic rings. The molecule has 4 aliphatic heterocycles. The van der Waals surface area contributed by atoms with E-state index in [1.165, 1.54) is 39.4 Å². The van der Waals surface area contributed by atoms with Gasteiger partial charge >= 0.3 is 11.8 Å². The predicted octanol–water partition coefficient (Wildman–Crippen LogP) is 5.40. The number of carbonyl (C=O) groups is 3. The maximum absolute atomic E-state index is 14.6. The number of allylic oxidation sites excluding steroid dienone is 2. The van der Waals surface area contributed by atoms with E-state index in [0.717, 1.165) is 0 Å². The van der Waals surface area contributed by atoms with Gasteiger partial charge in [0, 0.05) is 73.4 Å². The van der Waals surface area contributed by atoms with E-state index in [-0.39, 0.29) is 50.7 Å². The Bertz CT molecular complexity index is 1970. The molecule has 14 nitrogen and oxygen atoms in total. The number of Topliss-reactive ketones (excluding diaryl/α,β-unsaturated/α-hetero) is 1. The summed E-state index contributed by atoms with van der Waals surface area (Å²) in [5.41, 5.74) is 0.807. The van der Waals surface area contributed by atoms with Gasteiger partial charge in [0.25, 0.3) is 11.7 Å². The van der Waals surface area contributed by atoms with E-state index in [1.807, 2.05) is 4.90 Å². The van der Waals surface area contributed by atoms with E-state index in [4.69, 9.17) is 18.9 Å². The molecule has 1 unspecified atom stereocenters. The lowest BCUT2D eigenvalue weighted by Crippen LogP contribution is -2.46. The third-order valence-electron chi connectivity index (χ3n) is 12.0. The number of aliphatic hydroxyl groups excluding tert-OH is 3. The summed E-state index contributed by atoms with van der Waals surface area (Å²) in [7, 11) is 1.46. The summed E-state index contributed by atoms with van der Waals surface area (Å²) in [5.74, 6) is -6.89. The number of fused-ring (bicyclic) bond motifs is 14. The largest absolute Gasteiger partial charge is 0.507 e. The van der Waals surface area contributed by atoms with Gasteiger partial charge in [0.1, 0.15) is 17.6 Å². The van der Waals surface area contributed by atoms with Gasteiger partial charge in [-0.05, 0) is 45.8 Å². The number of esters is 1. The number of nitrogens with one attached hydrogen (secondary N) is 1. The smallest absolute Gasteiger partial charge is 0.312 e. The van der Waals surface area contributed by atoms with Crippen molar-refractivity contribution in [3.63, 3.8) is 0 Å². The van der Waals surface area contributed by atoms with Gasteiger partial charge in [0.15, 0.2) is 5.75 Å². The van der Waals surface area contributed by atoms with Crippen molar-refractivity contribution in [2.45, 2.75) is 118 Å². The number of aromatic hydroxyl groups is 2. The number of phenols is 2. The summed E-state index contributed by atoms with van der Waals surface area (Å²) in [5, 5.41) is 60.0. The Morgan fingerprint density at radius 1 is 1.02 bits per heavy atom. The molecule has 4 aliphatic rings. The van der Waals surface area contributed by atoms with Crippen molar-refractivity contribution in [1.82, 2.24) is 0 Å². The Morgan fingerprint density at radius 2 is 1.70 bits per heavy atom. The molecule has 57 heavy (non-hydrogen) atoms. The number of benzene rings is 2. The minimum absolute atomic E-state index is 0.0274. The second-order valence-corrected chi connectivity index (χ2v) is 16.1. The minimum Gasteiger partial charge on any atom is -0.507 e. The second kappa shape index (κ2) is 17.1. The average molecular weight is 795 g/mol. The van der Waals surface area contributed by atoms with E-state index >= 15 is 0 Å². The lowest BCUT2D eigenvalue weighted by molar-refractivity contribution is -0.160. The van der Waals surface area contributed by atoms with E-state index in [2.05, 4.69) is 5.32 Å². The SMILES string of the molecule is CO[C@@H]1C=CO[C@]2(C)Oc3c(C)c(O)c4c(O)c(cc(N5CCC[C@@H]5[C@H](C)O)c4c3C2=O)NC(=O)C(C)=CC=C[C@H](C)[C@@H](O)[C@@H](C)[C@H](O)C(C)[C@H](OC(C)=O)[C@H]1C. The standard InChI is InChI=1S/C43H58N2O12/c1-20-13-11-14-21(2)42(53)44-28-19-30(45-17-12-15-29(45)26(7)46)32-33(38(28)51)37(50)25(6)40-34(32)41(52)43(9,57-40)55-18-16-31(54-10)22(3)39(56-27(8)47)24(5)36(49)23(4)35(20)48/h11,13-14,16,18-20,22-24,26,29,31,35-36,39,46,48-51H,12,15,17H2,1-10H3,(H,44,53)/t20-,22-,23+,24?,26-,29+,31+,35+,36-,39+,43+/m0/s1. The molecule has 1 saturated heterocycles. The molecule has 4 heterocycles. The molecular weight excluding hydrogens is 736 g/mol. The first kappa shape index (κ1) is 43.5. The lowest BCUT2D eigenvalue weighted by atomic mass is 9.78. The fourth-order valence-corrected chi connectivity index (χ4v) is 8.47. The molecule has 14 heteroatoms. The molecule has 2 aromatic carbocycles. The number of ketones is 1. The van der Waals surface area contributed by atoms with Gasteiger partial charge < -0.3 is 54.7 Å². The zero-order valence-electron chi connectivity index (χ0n) is 34.4. The van der Waals surface area contributed by atoms with E-state index in [0.29, 0.717) is 25.1 Å². The first-order valence-electron chi connectivity index (χ1n) is 19.6. The Hall–Kier alpha value is -4.63. The number of phenolic OH excluding ortho intramolecular Hbond substituents is 2. The molecule has 0 radical (unpaired) electrons. The first-order valence-corrected chi connectivity index (χ1v) is 19.6. The maximum Gasteiger partial charge on any atom is 0.312 e. The second-order valence-electron chi connectivity index (χ2n) is 16.1. The lowest BCUT2D eigenvalue weighted by Gasteiger charge is -2.38. The van der Waals surface area contributed by atoms with Crippen LogP contribution in [0, 0.1) is 30.6 Å². The summed E-state index contributed by atoms with van der Waals surface area (Å²) in [6, 6.07) is 1.15. The predicted molar refractivity (Wildman–Crippen MR) is 214 cm³/mol. The van der Waals surface area contributed by atoms with Gasteiger partial charge in [-0.3, -0.25) is 14.4 Å². The Balaban J connectivity index is 1.72. The maximum atomic E-state index is 14.6. The van der Waals surface area contributed by atoms with Crippen LogP contribution in [0.1, 0.15) is 84.2 Å². The summed E-state index contributed by atoms with van der Waals surface area (Å²) in [6.07, 6.45) is 4.44. The average Bonchev–Trinajstić information content (AvgIpc) is 3.76. The van der Waals surface area contributed by atoms with E-state index < -0.39 is 83.4 Å².